The van der Waals surface area contributed by atoms with Crippen LogP contribution in [0.3, 0.4) is 0 Å². The number of hydrogen-bond donors (Lipinski definition) is 1. The summed E-state index contributed by atoms with van der Waals surface area (Å²) in [6.45, 7) is 17.6. The lowest BCUT2D eigenvalue weighted by Crippen LogP contribution is -2.01. The van der Waals surface area contributed by atoms with Gasteiger partial charge in [-0.15, -0.1) is 0 Å². The van der Waals surface area contributed by atoms with Gasteiger partial charge in [-0.2, -0.15) is 0 Å². The van der Waals surface area contributed by atoms with E-state index in [9.17, 15) is 5.11 Å². The van der Waals surface area contributed by atoms with Gasteiger partial charge in [0.2, 0.25) is 0 Å². The minimum Gasteiger partial charge on any atom is -0.384 e. The molecule has 0 amide bonds. The Kier molecular flexibility index (Phi) is 15.4. The second kappa shape index (κ2) is 15.0. The van der Waals surface area contributed by atoms with Gasteiger partial charge in [0.05, 0.1) is 0 Å². The molecule has 134 valence electrons. The minimum atomic E-state index is -0.600. The molecule has 0 heterocycles. The highest BCUT2D eigenvalue weighted by molar-refractivity contribution is 6.30. The fourth-order valence-corrected chi connectivity index (χ4v) is 2.18. The summed E-state index contributed by atoms with van der Waals surface area (Å²) in [7, 11) is 0. The van der Waals surface area contributed by atoms with Crippen molar-refractivity contribution in [2.75, 3.05) is 0 Å². The van der Waals surface area contributed by atoms with Crippen LogP contribution in [-0.4, -0.2) is 5.11 Å². The molecular weight excluding hydrogens is 316 g/mol. The maximum Gasteiger partial charge on any atom is 0.101 e. The fourth-order valence-electron chi connectivity index (χ4n) is 2.00. The summed E-state index contributed by atoms with van der Waals surface area (Å²) in [5.74, 6) is 0. The number of aliphatic hydroxyl groups is 1. The van der Waals surface area contributed by atoms with Gasteiger partial charge in [0.25, 0.3) is 0 Å². The maximum absolute atomic E-state index is 10.4. The molecule has 1 aromatic carbocycles. The number of benzene rings is 1. The first-order valence-corrected chi connectivity index (χ1v) is 9.16. The molecule has 0 saturated heterocycles. The lowest BCUT2D eigenvalue weighted by Gasteiger charge is -2.14. The fraction of sp³-hybridized carbons (Fsp3) is 0.364. The van der Waals surface area contributed by atoms with Crippen LogP contribution in [0.15, 0.2) is 60.2 Å². The molecule has 0 aromatic heterocycles. The smallest absolute Gasteiger partial charge is 0.101 e. The van der Waals surface area contributed by atoms with Crippen LogP contribution in [0.25, 0.3) is 6.08 Å². The minimum absolute atomic E-state index is 0.600. The van der Waals surface area contributed by atoms with Gasteiger partial charge >= 0.3 is 0 Å². The Bertz CT molecular complexity index is 565. The highest BCUT2D eigenvalue weighted by Crippen LogP contribution is 2.33. The van der Waals surface area contributed by atoms with Crippen LogP contribution in [-0.2, 0) is 0 Å². The molecular formula is C22H33ClO. The van der Waals surface area contributed by atoms with Crippen LogP contribution in [0.2, 0.25) is 5.02 Å². The van der Waals surface area contributed by atoms with Crippen LogP contribution in [0, 0.1) is 0 Å². The van der Waals surface area contributed by atoms with Gasteiger partial charge in [-0.05, 0) is 41.3 Å². The standard InChI is InChI=1S/C16H15ClO.3C2H6/c1-3-4-5-12-6-7-13-10-14(17)8-9-15(13)16(18)11(12)2;3*1-2/h3-10,16,18H,1H2,2H3;3*1-2H3/b5-4-;;;. The predicted molar refractivity (Wildman–Crippen MR) is 112 cm³/mol. The quantitative estimate of drug-likeness (QED) is 0.547. The molecule has 2 heteroatoms. The zero-order valence-electron chi connectivity index (χ0n) is 16.2. The Morgan fingerprint density at radius 1 is 1.04 bits per heavy atom. The van der Waals surface area contributed by atoms with Crippen LogP contribution in [0.1, 0.15) is 65.7 Å². The molecule has 24 heavy (non-hydrogen) atoms. The van der Waals surface area contributed by atoms with Gasteiger partial charge in [-0.1, -0.05) is 96.2 Å². The zero-order valence-corrected chi connectivity index (χ0v) is 17.0. The van der Waals surface area contributed by atoms with E-state index in [1.165, 1.54) is 0 Å². The molecule has 0 aliphatic heterocycles. The normalized spacial score (nSPS) is 15.0. The van der Waals surface area contributed by atoms with Gasteiger partial charge in [0.15, 0.2) is 0 Å². The first-order chi connectivity index (χ1) is 11.6. The van der Waals surface area contributed by atoms with Crippen LogP contribution in [0.4, 0.5) is 0 Å². The molecule has 0 radical (unpaired) electrons. The molecule has 0 fully saturated rings. The van der Waals surface area contributed by atoms with E-state index >= 15 is 0 Å². The lowest BCUT2D eigenvalue weighted by atomic mass is 9.97. The number of aliphatic hydroxyl groups excluding tert-OH is 1. The Morgan fingerprint density at radius 2 is 1.62 bits per heavy atom. The van der Waals surface area contributed by atoms with Crippen molar-refractivity contribution in [2.45, 2.75) is 54.6 Å². The third-order valence-electron chi connectivity index (χ3n) is 3.06. The lowest BCUT2D eigenvalue weighted by molar-refractivity contribution is 0.215. The number of hydrogen-bond acceptors (Lipinski definition) is 1. The number of rotatable bonds is 2. The molecule has 0 spiro atoms. The van der Waals surface area contributed by atoms with Crippen LogP contribution < -0.4 is 0 Å². The van der Waals surface area contributed by atoms with Gasteiger partial charge in [0, 0.05) is 5.02 Å². The van der Waals surface area contributed by atoms with Crippen molar-refractivity contribution >= 4 is 17.7 Å². The Hall–Kier alpha value is -1.57. The van der Waals surface area contributed by atoms with E-state index in [0.29, 0.717) is 5.02 Å². The Morgan fingerprint density at radius 3 is 2.17 bits per heavy atom. The van der Waals surface area contributed by atoms with Crippen molar-refractivity contribution in [1.82, 2.24) is 0 Å². The van der Waals surface area contributed by atoms with Gasteiger partial charge in [0.1, 0.15) is 6.10 Å². The second-order valence-corrected chi connectivity index (χ2v) is 4.68. The molecule has 1 aliphatic rings. The van der Waals surface area contributed by atoms with E-state index in [1.807, 2.05) is 84.9 Å². The van der Waals surface area contributed by atoms with Gasteiger partial charge < -0.3 is 5.11 Å². The summed E-state index contributed by atoms with van der Waals surface area (Å²) < 4.78 is 0. The van der Waals surface area contributed by atoms with Crippen molar-refractivity contribution < 1.29 is 5.11 Å². The average Bonchev–Trinajstić information content (AvgIpc) is 2.76. The molecule has 1 unspecified atom stereocenters. The predicted octanol–water partition coefficient (Wildman–Crippen LogP) is 7.54. The molecule has 2 rings (SSSR count). The average molecular weight is 349 g/mol. The van der Waals surface area contributed by atoms with Crippen molar-refractivity contribution in [3.8, 4) is 0 Å². The summed E-state index contributed by atoms with van der Waals surface area (Å²) in [5.41, 5.74) is 3.76. The number of allylic oxidation sites excluding steroid dienone is 5. The highest BCUT2D eigenvalue weighted by atomic mass is 35.5. The van der Waals surface area contributed by atoms with Crippen LogP contribution >= 0.6 is 11.6 Å². The van der Waals surface area contributed by atoms with Gasteiger partial charge in [-0.25, -0.2) is 0 Å². The second-order valence-electron chi connectivity index (χ2n) is 4.24. The summed E-state index contributed by atoms with van der Waals surface area (Å²) in [4.78, 5) is 0. The number of fused-ring (bicyclic) bond motifs is 1. The summed E-state index contributed by atoms with van der Waals surface area (Å²) >= 11 is 5.98. The van der Waals surface area contributed by atoms with Crippen molar-refractivity contribution in [3.63, 3.8) is 0 Å². The molecule has 1 aromatic rings. The SMILES string of the molecule is C=C/C=C\C1=C(C)C(O)c2ccc(Cl)cc2C=C1.CC.CC.CC. The van der Waals surface area contributed by atoms with Gasteiger partial charge in [-0.3, -0.25) is 0 Å². The van der Waals surface area contributed by atoms with E-state index in [1.54, 1.807) is 12.1 Å². The first kappa shape index (κ1) is 24.7. The zero-order chi connectivity index (χ0) is 19.1. The largest absolute Gasteiger partial charge is 0.384 e. The summed E-state index contributed by atoms with van der Waals surface area (Å²) in [6.07, 6.45) is 8.88. The van der Waals surface area contributed by atoms with Crippen molar-refractivity contribution in [1.29, 1.82) is 0 Å². The molecule has 1 nitrogen and oxygen atoms in total. The molecule has 0 saturated carbocycles. The Balaban J connectivity index is 0. The van der Waals surface area contributed by atoms with E-state index in [0.717, 1.165) is 22.3 Å². The summed E-state index contributed by atoms with van der Waals surface area (Å²) in [5, 5.41) is 11.0. The molecule has 0 bridgehead atoms. The summed E-state index contributed by atoms with van der Waals surface area (Å²) in [6, 6.07) is 5.54. The monoisotopic (exact) mass is 348 g/mol. The van der Waals surface area contributed by atoms with E-state index in [4.69, 9.17) is 11.6 Å². The van der Waals surface area contributed by atoms with Crippen molar-refractivity contribution in [2.24, 2.45) is 0 Å². The van der Waals surface area contributed by atoms with E-state index in [-0.39, 0.29) is 0 Å². The molecule has 1 atom stereocenters. The van der Waals surface area contributed by atoms with E-state index in [2.05, 4.69) is 6.58 Å². The van der Waals surface area contributed by atoms with Crippen LogP contribution in [0.5, 0.6) is 0 Å². The molecule has 1 aliphatic carbocycles. The highest BCUT2D eigenvalue weighted by Gasteiger charge is 2.17. The maximum atomic E-state index is 10.4. The third kappa shape index (κ3) is 7.33. The van der Waals surface area contributed by atoms with Crippen molar-refractivity contribution in [3.05, 3.63) is 76.4 Å². The molecule has 1 N–H and O–H groups in total. The van der Waals surface area contributed by atoms with E-state index < -0.39 is 6.10 Å². The first-order valence-electron chi connectivity index (χ1n) is 8.79. The number of halogens is 1. The third-order valence-corrected chi connectivity index (χ3v) is 3.30. The Labute approximate surface area is 154 Å². The topological polar surface area (TPSA) is 20.2 Å².